The predicted octanol–water partition coefficient (Wildman–Crippen LogP) is 2.01. The molecule has 18 heavy (non-hydrogen) atoms. The van der Waals surface area contributed by atoms with Crippen LogP contribution in [0.15, 0.2) is 12.4 Å². The second-order valence-corrected chi connectivity index (χ2v) is 5.17. The standard InChI is InChI=1S/C14H24N4/c1-3-6-12-9-16-14(17-10-12)18(2)11-13-7-4-5-8-15-13/h9-10,13,15H,3-8,11H2,1-2H3. The summed E-state index contributed by atoms with van der Waals surface area (Å²) in [6, 6.07) is 0.586. The molecule has 0 spiro atoms. The van der Waals surface area contributed by atoms with Gasteiger partial charge >= 0.3 is 0 Å². The van der Waals surface area contributed by atoms with Crippen LogP contribution in [0.1, 0.15) is 38.2 Å². The third-order valence-electron chi connectivity index (χ3n) is 3.48. The van der Waals surface area contributed by atoms with Crippen molar-refractivity contribution in [2.75, 3.05) is 25.0 Å². The molecule has 2 rings (SSSR count). The first kappa shape index (κ1) is 13.3. The highest BCUT2D eigenvalue weighted by atomic mass is 15.2. The molecule has 1 unspecified atom stereocenters. The van der Waals surface area contributed by atoms with Crippen molar-refractivity contribution in [3.8, 4) is 0 Å². The van der Waals surface area contributed by atoms with Gasteiger partial charge in [0.1, 0.15) is 0 Å². The van der Waals surface area contributed by atoms with E-state index in [4.69, 9.17) is 0 Å². The summed E-state index contributed by atoms with van der Waals surface area (Å²) in [5, 5.41) is 3.55. The van der Waals surface area contributed by atoms with Gasteiger partial charge in [0.15, 0.2) is 0 Å². The number of anilines is 1. The minimum atomic E-state index is 0.586. The highest BCUT2D eigenvalue weighted by Gasteiger charge is 2.15. The maximum atomic E-state index is 4.45. The van der Waals surface area contributed by atoms with E-state index in [-0.39, 0.29) is 0 Å². The summed E-state index contributed by atoms with van der Waals surface area (Å²) in [5.74, 6) is 0.835. The molecule has 1 aromatic rings. The number of nitrogens with zero attached hydrogens (tertiary/aromatic N) is 3. The van der Waals surface area contributed by atoms with Gasteiger partial charge in [0.05, 0.1) is 0 Å². The first-order chi connectivity index (χ1) is 8.79. The van der Waals surface area contributed by atoms with Crippen molar-refractivity contribution in [1.82, 2.24) is 15.3 Å². The van der Waals surface area contributed by atoms with E-state index in [1.54, 1.807) is 0 Å². The normalized spacial score (nSPS) is 19.8. The summed E-state index contributed by atoms with van der Waals surface area (Å²) in [6.07, 6.45) is 10.0. The average molecular weight is 248 g/mol. The molecule has 0 aliphatic carbocycles. The Morgan fingerprint density at radius 3 is 2.72 bits per heavy atom. The Morgan fingerprint density at radius 1 is 1.33 bits per heavy atom. The lowest BCUT2D eigenvalue weighted by Gasteiger charge is -2.28. The second kappa shape index (κ2) is 6.69. The molecule has 0 bridgehead atoms. The van der Waals surface area contributed by atoms with Crippen molar-refractivity contribution in [3.05, 3.63) is 18.0 Å². The van der Waals surface area contributed by atoms with Crippen molar-refractivity contribution in [2.45, 2.75) is 45.1 Å². The molecule has 0 radical (unpaired) electrons. The Hall–Kier alpha value is -1.16. The van der Waals surface area contributed by atoms with Crippen LogP contribution in [-0.4, -0.2) is 36.1 Å². The molecule has 2 heterocycles. The van der Waals surface area contributed by atoms with Gasteiger partial charge in [-0.1, -0.05) is 19.8 Å². The van der Waals surface area contributed by atoms with Gasteiger partial charge in [0, 0.05) is 32.0 Å². The first-order valence-electron chi connectivity index (χ1n) is 7.05. The molecule has 100 valence electrons. The maximum absolute atomic E-state index is 4.45. The van der Waals surface area contributed by atoms with Gasteiger partial charge in [-0.15, -0.1) is 0 Å². The van der Waals surface area contributed by atoms with Crippen LogP contribution in [0.3, 0.4) is 0 Å². The molecular weight excluding hydrogens is 224 g/mol. The number of aromatic nitrogens is 2. The van der Waals surface area contributed by atoms with Crippen LogP contribution < -0.4 is 10.2 Å². The lowest BCUT2D eigenvalue weighted by molar-refractivity contribution is 0.402. The molecule has 4 heteroatoms. The van der Waals surface area contributed by atoms with Crippen LogP contribution >= 0.6 is 0 Å². The van der Waals surface area contributed by atoms with Crippen molar-refractivity contribution >= 4 is 5.95 Å². The van der Waals surface area contributed by atoms with Gasteiger partial charge in [-0.2, -0.15) is 0 Å². The minimum absolute atomic E-state index is 0.586. The zero-order chi connectivity index (χ0) is 12.8. The van der Waals surface area contributed by atoms with Crippen molar-refractivity contribution in [3.63, 3.8) is 0 Å². The van der Waals surface area contributed by atoms with Gasteiger partial charge in [0.2, 0.25) is 5.95 Å². The minimum Gasteiger partial charge on any atom is -0.342 e. The molecule has 1 saturated heterocycles. The third kappa shape index (κ3) is 3.67. The Morgan fingerprint density at radius 2 is 2.11 bits per heavy atom. The van der Waals surface area contributed by atoms with Gasteiger partial charge in [-0.25, -0.2) is 9.97 Å². The number of nitrogens with one attached hydrogen (secondary N) is 1. The Balaban J connectivity index is 1.89. The lowest BCUT2D eigenvalue weighted by Crippen LogP contribution is -2.42. The molecular formula is C14H24N4. The van der Waals surface area contributed by atoms with E-state index in [9.17, 15) is 0 Å². The fourth-order valence-corrected chi connectivity index (χ4v) is 2.45. The van der Waals surface area contributed by atoms with E-state index in [1.165, 1.54) is 24.8 Å². The largest absolute Gasteiger partial charge is 0.342 e. The van der Waals surface area contributed by atoms with Crippen molar-refractivity contribution in [1.29, 1.82) is 0 Å². The van der Waals surface area contributed by atoms with Crippen LogP contribution in [0.4, 0.5) is 5.95 Å². The van der Waals surface area contributed by atoms with Gasteiger partial charge in [-0.3, -0.25) is 0 Å². The quantitative estimate of drug-likeness (QED) is 0.865. The summed E-state index contributed by atoms with van der Waals surface area (Å²) in [5.41, 5.74) is 1.23. The van der Waals surface area contributed by atoms with E-state index < -0.39 is 0 Å². The van der Waals surface area contributed by atoms with E-state index in [1.807, 2.05) is 12.4 Å². The average Bonchev–Trinajstić information content (AvgIpc) is 2.41. The SMILES string of the molecule is CCCc1cnc(N(C)CC2CCCCN2)nc1. The van der Waals surface area contributed by atoms with Crippen LogP contribution in [0, 0.1) is 0 Å². The summed E-state index contributed by atoms with van der Waals surface area (Å²) in [7, 11) is 2.07. The van der Waals surface area contributed by atoms with Gasteiger partial charge in [-0.05, 0) is 31.4 Å². The summed E-state index contributed by atoms with van der Waals surface area (Å²) in [6.45, 7) is 4.32. The first-order valence-corrected chi connectivity index (χ1v) is 7.05. The zero-order valence-corrected chi connectivity index (χ0v) is 11.5. The molecule has 1 aliphatic rings. The van der Waals surface area contributed by atoms with Crippen LogP contribution in [-0.2, 0) is 6.42 Å². The monoisotopic (exact) mass is 248 g/mol. The summed E-state index contributed by atoms with van der Waals surface area (Å²) in [4.78, 5) is 11.1. The molecule has 1 aromatic heterocycles. The maximum Gasteiger partial charge on any atom is 0.225 e. The predicted molar refractivity (Wildman–Crippen MR) is 74.9 cm³/mol. The molecule has 4 nitrogen and oxygen atoms in total. The van der Waals surface area contributed by atoms with Gasteiger partial charge < -0.3 is 10.2 Å². The van der Waals surface area contributed by atoms with E-state index >= 15 is 0 Å². The topological polar surface area (TPSA) is 41.1 Å². The molecule has 1 fully saturated rings. The Bertz CT molecular complexity index is 343. The number of piperidine rings is 1. The molecule has 0 amide bonds. The number of rotatable bonds is 5. The highest BCUT2D eigenvalue weighted by Crippen LogP contribution is 2.11. The third-order valence-corrected chi connectivity index (χ3v) is 3.48. The lowest BCUT2D eigenvalue weighted by atomic mass is 10.0. The van der Waals surface area contributed by atoms with Crippen LogP contribution in [0.2, 0.25) is 0 Å². The zero-order valence-electron chi connectivity index (χ0n) is 11.5. The highest BCUT2D eigenvalue weighted by molar-refractivity contribution is 5.28. The second-order valence-electron chi connectivity index (χ2n) is 5.17. The molecule has 0 saturated carbocycles. The molecule has 0 aromatic carbocycles. The van der Waals surface area contributed by atoms with E-state index in [2.05, 4.69) is 34.2 Å². The molecule has 1 aliphatic heterocycles. The molecule has 1 N–H and O–H groups in total. The molecule has 1 atom stereocenters. The van der Waals surface area contributed by atoms with E-state index in [0.29, 0.717) is 6.04 Å². The fraction of sp³-hybridized carbons (Fsp3) is 0.714. The fourth-order valence-electron chi connectivity index (χ4n) is 2.45. The Labute approximate surface area is 110 Å². The van der Waals surface area contributed by atoms with Crippen molar-refractivity contribution in [2.24, 2.45) is 0 Å². The van der Waals surface area contributed by atoms with Crippen LogP contribution in [0.5, 0.6) is 0 Å². The number of aryl methyl sites for hydroxylation is 1. The summed E-state index contributed by atoms with van der Waals surface area (Å²) >= 11 is 0. The van der Waals surface area contributed by atoms with Gasteiger partial charge in [0.25, 0.3) is 0 Å². The van der Waals surface area contributed by atoms with Crippen molar-refractivity contribution < 1.29 is 0 Å². The van der Waals surface area contributed by atoms with Crippen LogP contribution in [0.25, 0.3) is 0 Å². The number of hydrogen-bond donors (Lipinski definition) is 1. The Kier molecular flexibility index (Phi) is 4.93. The number of hydrogen-bond acceptors (Lipinski definition) is 4. The summed E-state index contributed by atoms with van der Waals surface area (Å²) < 4.78 is 0. The number of likely N-dealkylation sites (N-methyl/N-ethyl adjacent to an activating group) is 1. The van der Waals surface area contributed by atoms with E-state index in [0.717, 1.165) is 31.9 Å². The smallest absolute Gasteiger partial charge is 0.225 e.